The molecule has 1 fully saturated rings. The summed E-state index contributed by atoms with van der Waals surface area (Å²) in [4.78, 5) is 13.6. The van der Waals surface area contributed by atoms with Crippen molar-refractivity contribution in [2.24, 2.45) is 11.3 Å². The number of amides is 1. The van der Waals surface area contributed by atoms with Gasteiger partial charge in [-0.15, -0.1) is 0 Å². The van der Waals surface area contributed by atoms with Crippen LogP contribution in [0.1, 0.15) is 59.3 Å². The van der Waals surface area contributed by atoms with Crippen LogP contribution in [0.2, 0.25) is 0 Å². The Kier molecular flexibility index (Phi) is 8.88. The Morgan fingerprint density at radius 1 is 1.24 bits per heavy atom. The minimum absolute atomic E-state index is 0.0987. The summed E-state index contributed by atoms with van der Waals surface area (Å²) in [5.41, 5.74) is 0.452. The maximum Gasteiger partial charge on any atom is 0.216 e. The molecular weight excluding hydrogens is 328 g/mol. The summed E-state index contributed by atoms with van der Waals surface area (Å²) in [5, 5.41) is 4.08. The predicted octanol–water partition coefficient (Wildman–Crippen LogP) is 3.82. The lowest BCUT2D eigenvalue weighted by Crippen LogP contribution is -2.44. The van der Waals surface area contributed by atoms with Crippen molar-refractivity contribution in [3.8, 4) is 0 Å². The third-order valence-corrected chi connectivity index (χ3v) is 5.94. The van der Waals surface area contributed by atoms with Gasteiger partial charge in [0.25, 0.3) is 0 Å². The summed E-state index contributed by atoms with van der Waals surface area (Å²) in [6, 6.07) is 0. The van der Waals surface area contributed by atoms with Gasteiger partial charge in [-0.25, -0.2) is 0 Å². The number of carbonyl (C=O) groups excluding carboxylic acids is 1. The highest BCUT2D eigenvalue weighted by molar-refractivity contribution is 9.09. The number of likely N-dealkylation sites (tertiary alicyclic amines) is 1. The number of hydrogen-bond donors (Lipinski definition) is 1. The standard InChI is InChI=1S/C17H33BrN2O/c1-4-8-17(13-18,9-5-2)14-20-10-6-16(7-11-20)12-19-15(3)21/h16H,4-14H2,1-3H3,(H,19,21). The third-order valence-electron chi connectivity index (χ3n) is 4.75. The Labute approximate surface area is 139 Å². The zero-order chi connectivity index (χ0) is 15.7. The summed E-state index contributed by atoms with van der Waals surface area (Å²) in [7, 11) is 0. The Bertz CT molecular complexity index is 295. The lowest BCUT2D eigenvalue weighted by atomic mass is 9.80. The number of alkyl halides is 1. The van der Waals surface area contributed by atoms with Crippen LogP contribution in [0.15, 0.2) is 0 Å². The topological polar surface area (TPSA) is 32.3 Å². The number of rotatable bonds is 9. The summed E-state index contributed by atoms with van der Waals surface area (Å²) in [6.45, 7) is 10.7. The molecule has 0 radical (unpaired) electrons. The predicted molar refractivity (Wildman–Crippen MR) is 93.9 cm³/mol. The van der Waals surface area contributed by atoms with E-state index in [0.29, 0.717) is 11.3 Å². The number of carbonyl (C=O) groups is 1. The van der Waals surface area contributed by atoms with Gasteiger partial charge >= 0.3 is 0 Å². The van der Waals surface area contributed by atoms with E-state index in [4.69, 9.17) is 0 Å². The first kappa shape index (κ1) is 19.0. The van der Waals surface area contributed by atoms with Crippen molar-refractivity contribution in [1.29, 1.82) is 0 Å². The Morgan fingerprint density at radius 2 is 1.81 bits per heavy atom. The van der Waals surface area contributed by atoms with Crippen molar-refractivity contribution in [3.63, 3.8) is 0 Å². The number of piperidine rings is 1. The first-order valence-electron chi connectivity index (χ1n) is 8.58. The number of halogens is 1. The highest BCUT2D eigenvalue weighted by Crippen LogP contribution is 2.34. The van der Waals surface area contributed by atoms with Gasteiger partial charge in [-0.1, -0.05) is 42.6 Å². The smallest absolute Gasteiger partial charge is 0.216 e. The maximum absolute atomic E-state index is 11.0. The fraction of sp³-hybridized carbons (Fsp3) is 0.941. The quantitative estimate of drug-likeness (QED) is 0.634. The average Bonchev–Trinajstić information content (AvgIpc) is 2.47. The monoisotopic (exact) mass is 360 g/mol. The zero-order valence-corrected chi connectivity index (χ0v) is 15.7. The fourth-order valence-electron chi connectivity index (χ4n) is 3.63. The second-order valence-electron chi connectivity index (χ2n) is 6.79. The summed E-state index contributed by atoms with van der Waals surface area (Å²) >= 11 is 3.78. The van der Waals surface area contributed by atoms with Gasteiger partial charge < -0.3 is 10.2 Å². The van der Waals surface area contributed by atoms with Gasteiger partial charge in [0.15, 0.2) is 0 Å². The van der Waals surface area contributed by atoms with Gasteiger partial charge in [0.2, 0.25) is 5.91 Å². The molecule has 1 amide bonds. The van der Waals surface area contributed by atoms with Gasteiger partial charge in [0.1, 0.15) is 0 Å². The van der Waals surface area contributed by atoms with Crippen LogP contribution < -0.4 is 5.32 Å². The highest BCUT2D eigenvalue weighted by Gasteiger charge is 2.31. The third kappa shape index (κ3) is 6.68. The molecule has 1 saturated heterocycles. The van der Waals surface area contributed by atoms with E-state index in [1.165, 1.54) is 58.2 Å². The molecule has 0 bridgehead atoms. The minimum atomic E-state index is 0.0987. The Balaban J connectivity index is 2.43. The van der Waals surface area contributed by atoms with Gasteiger partial charge in [0, 0.05) is 25.3 Å². The van der Waals surface area contributed by atoms with E-state index in [1.807, 2.05) is 0 Å². The average molecular weight is 361 g/mol. The molecular formula is C17H33BrN2O. The van der Waals surface area contributed by atoms with Crippen molar-refractivity contribution >= 4 is 21.8 Å². The molecule has 0 aromatic rings. The van der Waals surface area contributed by atoms with Crippen molar-refractivity contribution in [3.05, 3.63) is 0 Å². The Morgan fingerprint density at radius 3 is 2.24 bits per heavy atom. The molecule has 1 N–H and O–H groups in total. The zero-order valence-electron chi connectivity index (χ0n) is 14.1. The first-order valence-corrected chi connectivity index (χ1v) is 9.70. The van der Waals surface area contributed by atoms with Gasteiger partial charge in [-0.2, -0.15) is 0 Å². The molecule has 0 aromatic heterocycles. The highest BCUT2D eigenvalue weighted by atomic mass is 79.9. The molecule has 0 atom stereocenters. The van der Waals surface area contributed by atoms with Crippen LogP contribution in [0, 0.1) is 11.3 Å². The van der Waals surface area contributed by atoms with Crippen molar-refractivity contribution in [2.45, 2.75) is 59.3 Å². The molecule has 124 valence electrons. The van der Waals surface area contributed by atoms with Gasteiger partial charge in [-0.3, -0.25) is 4.79 Å². The summed E-state index contributed by atoms with van der Waals surface area (Å²) < 4.78 is 0. The molecule has 1 aliphatic rings. The number of hydrogen-bond acceptors (Lipinski definition) is 2. The van der Waals surface area contributed by atoms with Crippen LogP contribution in [0.25, 0.3) is 0 Å². The maximum atomic E-state index is 11.0. The molecule has 1 heterocycles. The summed E-state index contributed by atoms with van der Waals surface area (Å²) in [5.74, 6) is 0.766. The Hall–Kier alpha value is -0.0900. The van der Waals surface area contributed by atoms with E-state index in [0.717, 1.165) is 11.9 Å². The van der Waals surface area contributed by atoms with Crippen molar-refractivity contribution in [2.75, 3.05) is 31.5 Å². The molecule has 1 aliphatic heterocycles. The van der Waals surface area contributed by atoms with E-state index < -0.39 is 0 Å². The van der Waals surface area contributed by atoms with Crippen molar-refractivity contribution < 1.29 is 4.79 Å². The van der Waals surface area contributed by atoms with Gasteiger partial charge in [-0.05, 0) is 50.1 Å². The lowest BCUT2D eigenvalue weighted by molar-refractivity contribution is -0.119. The van der Waals surface area contributed by atoms with Gasteiger partial charge in [0.05, 0.1) is 0 Å². The molecule has 4 heteroatoms. The molecule has 0 saturated carbocycles. The van der Waals surface area contributed by atoms with E-state index in [-0.39, 0.29) is 5.91 Å². The molecule has 1 rings (SSSR count). The van der Waals surface area contributed by atoms with Crippen LogP contribution in [-0.2, 0) is 4.79 Å². The largest absolute Gasteiger partial charge is 0.356 e. The summed E-state index contributed by atoms with van der Waals surface area (Å²) in [6.07, 6.45) is 7.61. The second-order valence-corrected chi connectivity index (χ2v) is 7.35. The lowest BCUT2D eigenvalue weighted by Gasteiger charge is -2.40. The van der Waals surface area contributed by atoms with E-state index in [1.54, 1.807) is 6.92 Å². The van der Waals surface area contributed by atoms with E-state index in [9.17, 15) is 4.79 Å². The SMILES string of the molecule is CCCC(CBr)(CCC)CN1CCC(CNC(C)=O)CC1. The van der Waals surface area contributed by atoms with Crippen LogP contribution in [0.3, 0.4) is 0 Å². The fourth-order valence-corrected chi connectivity index (χ4v) is 4.37. The van der Waals surface area contributed by atoms with Crippen LogP contribution in [0.4, 0.5) is 0 Å². The molecule has 0 aliphatic carbocycles. The van der Waals surface area contributed by atoms with Crippen LogP contribution in [0.5, 0.6) is 0 Å². The second kappa shape index (κ2) is 9.83. The number of nitrogens with zero attached hydrogens (tertiary/aromatic N) is 1. The van der Waals surface area contributed by atoms with Crippen LogP contribution in [-0.4, -0.2) is 42.3 Å². The van der Waals surface area contributed by atoms with E-state index in [2.05, 4.69) is 40.0 Å². The van der Waals surface area contributed by atoms with Crippen molar-refractivity contribution in [1.82, 2.24) is 10.2 Å². The van der Waals surface area contributed by atoms with Crippen LogP contribution >= 0.6 is 15.9 Å². The molecule has 21 heavy (non-hydrogen) atoms. The normalized spacial score (nSPS) is 17.9. The van der Waals surface area contributed by atoms with E-state index >= 15 is 0 Å². The molecule has 0 spiro atoms. The first-order chi connectivity index (χ1) is 10.0. The molecule has 0 unspecified atom stereocenters. The minimum Gasteiger partial charge on any atom is -0.356 e. The molecule has 0 aromatic carbocycles. The molecule has 3 nitrogen and oxygen atoms in total. The number of nitrogens with one attached hydrogen (secondary N) is 1.